The van der Waals surface area contributed by atoms with Crippen molar-refractivity contribution in [2.24, 2.45) is 0 Å². The quantitative estimate of drug-likeness (QED) is 0.632. The molecular weight excluding hydrogens is 345 g/mol. The molecule has 2 aromatic rings. The molecule has 1 spiro atoms. The molecule has 2 atom stereocenters. The van der Waals surface area contributed by atoms with Crippen molar-refractivity contribution in [2.45, 2.75) is 51.0 Å². The Morgan fingerprint density at radius 2 is 1.23 bits per heavy atom. The van der Waals surface area contributed by atoms with Crippen LogP contribution in [0.5, 0.6) is 0 Å². The van der Waals surface area contributed by atoms with Crippen LogP contribution < -0.4 is 0 Å². The first-order chi connectivity index (χ1) is 12.3. The van der Waals surface area contributed by atoms with Crippen molar-refractivity contribution in [3.05, 3.63) is 71.8 Å². The number of nitrogens with zero attached hydrogens (tertiary/aromatic N) is 1. The molecule has 4 rings (SSSR count). The SMILES string of the molecule is CN1C(c2ccccc2)C(c2ccccc2)O[P+]12OC(C)(C)C(C)(C)O2. The first-order valence-corrected chi connectivity index (χ1v) is 10.6. The monoisotopic (exact) mass is 372 g/mol. The number of likely N-dealkylation sites (N-methyl/N-ethyl adjacent to an activating group) is 1. The molecule has 0 N–H and O–H groups in total. The third kappa shape index (κ3) is 2.72. The molecule has 2 aliphatic rings. The summed E-state index contributed by atoms with van der Waals surface area (Å²) in [5.74, 6) is 0. The molecule has 2 aromatic carbocycles. The predicted molar refractivity (Wildman–Crippen MR) is 104 cm³/mol. The van der Waals surface area contributed by atoms with Crippen LogP contribution in [-0.2, 0) is 13.6 Å². The number of hydrogen-bond donors (Lipinski definition) is 0. The number of hydrogen-bond acceptors (Lipinski definition) is 4. The van der Waals surface area contributed by atoms with E-state index in [4.69, 9.17) is 13.6 Å². The molecule has 0 aliphatic carbocycles. The van der Waals surface area contributed by atoms with E-state index < -0.39 is 19.3 Å². The molecular formula is C21H27NO3P+. The van der Waals surface area contributed by atoms with Gasteiger partial charge in [-0.25, -0.2) is 0 Å². The second-order valence-electron chi connectivity index (χ2n) is 8.04. The van der Waals surface area contributed by atoms with Crippen molar-refractivity contribution in [1.29, 1.82) is 0 Å². The van der Waals surface area contributed by atoms with Gasteiger partial charge in [0.25, 0.3) is 0 Å². The topological polar surface area (TPSA) is 30.9 Å². The summed E-state index contributed by atoms with van der Waals surface area (Å²) in [5, 5.41) is 0. The van der Waals surface area contributed by atoms with Gasteiger partial charge in [0.2, 0.25) is 0 Å². The minimum atomic E-state index is -2.64. The minimum absolute atomic E-state index is 0.0385. The van der Waals surface area contributed by atoms with E-state index in [1.165, 1.54) is 5.56 Å². The summed E-state index contributed by atoms with van der Waals surface area (Å²) < 4.78 is 21.9. The van der Waals surface area contributed by atoms with Gasteiger partial charge in [0.15, 0.2) is 6.10 Å². The van der Waals surface area contributed by atoms with E-state index in [0.717, 1.165) is 5.56 Å². The fraction of sp³-hybridized carbons (Fsp3) is 0.429. The molecule has 2 aliphatic heterocycles. The van der Waals surface area contributed by atoms with Crippen LogP contribution in [0.3, 0.4) is 0 Å². The Balaban J connectivity index is 1.79. The Hall–Kier alpha value is -1.29. The van der Waals surface area contributed by atoms with Crippen LogP contribution in [0.1, 0.15) is 51.0 Å². The summed E-state index contributed by atoms with van der Waals surface area (Å²) in [6.45, 7) is 8.30. The van der Waals surface area contributed by atoms with Crippen LogP contribution in [0.4, 0.5) is 0 Å². The maximum Gasteiger partial charge on any atom is 0.506 e. The molecule has 0 radical (unpaired) electrons. The summed E-state index contributed by atoms with van der Waals surface area (Å²) >= 11 is 0. The smallest absolute Gasteiger partial charge is 0.153 e. The fourth-order valence-corrected chi connectivity index (χ4v) is 6.74. The standard InChI is InChI=1S/C21H27NO3P/c1-20(2)21(3,4)25-26(24-20)22(5)18(16-12-8-6-9-13-16)19(23-26)17-14-10-7-11-15-17/h6-15,18-19H,1-5H3/q+1. The molecule has 0 saturated carbocycles. The molecule has 0 amide bonds. The fourth-order valence-electron chi connectivity index (χ4n) is 3.54. The van der Waals surface area contributed by atoms with E-state index in [-0.39, 0.29) is 12.1 Å². The van der Waals surface area contributed by atoms with Gasteiger partial charge in [-0.1, -0.05) is 65.3 Å². The average Bonchev–Trinajstić information content (AvgIpc) is 2.98. The Morgan fingerprint density at radius 1 is 0.769 bits per heavy atom. The normalized spacial score (nSPS) is 29.3. The predicted octanol–water partition coefficient (Wildman–Crippen LogP) is 5.71. The van der Waals surface area contributed by atoms with E-state index in [2.05, 4.69) is 87.9 Å². The van der Waals surface area contributed by atoms with Crippen molar-refractivity contribution in [3.8, 4) is 0 Å². The number of rotatable bonds is 2. The van der Waals surface area contributed by atoms with Gasteiger partial charge in [0.1, 0.15) is 17.2 Å². The molecule has 0 aromatic heterocycles. The van der Waals surface area contributed by atoms with E-state index in [1.807, 2.05) is 12.1 Å². The summed E-state index contributed by atoms with van der Waals surface area (Å²) in [4.78, 5) is 0. The van der Waals surface area contributed by atoms with Gasteiger partial charge < -0.3 is 0 Å². The van der Waals surface area contributed by atoms with Gasteiger partial charge in [0, 0.05) is 7.05 Å². The average molecular weight is 372 g/mol. The first kappa shape index (κ1) is 18.1. The largest absolute Gasteiger partial charge is 0.506 e. The molecule has 5 heteroatoms. The van der Waals surface area contributed by atoms with Crippen molar-refractivity contribution in [1.82, 2.24) is 4.67 Å². The lowest BCUT2D eigenvalue weighted by Crippen LogP contribution is -2.41. The lowest BCUT2D eigenvalue weighted by molar-refractivity contribution is 0.00578. The van der Waals surface area contributed by atoms with E-state index in [1.54, 1.807) is 0 Å². The Bertz CT molecular complexity index is 762. The maximum absolute atomic E-state index is 6.64. The summed E-state index contributed by atoms with van der Waals surface area (Å²) in [7, 11) is -0.580. The minimum Gasteiger partial charge on any atom is -0.153 e. The Labute approximate surface area is 156 Å². The van der Waals surface area contributed by atoms with Crippen LogP contribution in [0.25, 0.3) is 0 Å². The summed E-state index contributed by atoms with van der Waals surface area (Å²) in [5.41, 5.74) is 1.49. The second kappa shape index (κ2) is 6.12. The van der Waals surface area contributed by atoms with E-state index >= 15 is 0 Å². The van der Waals surface area contributed by atoms with Crippen LogP contribution in [0.15, 0.2) is 60.7 Å². The van der Waals surface area contributed by atoms with Gasteiger partial charge >= 0.3 is 8.09 Å². The first-order valence-electron chi connectivity index (χ1n) is 9.08. The third-order valence-electron chi connectivity index (χ3n) is 5.73. The Morgan fingerprint density at radius 3 is 1.73 bits per heavy atom. The van der Waals surface area contributed by atoms with Crippen LogP contribution in [0.2, 0.25) is 0 Å². The zero-order valence-electron chi connectivity index (χ0n) is 16.0. The summed E-state index contributed by atoms with van der Waals surface area (Å²) in [6, 6.07) is 20.9. The zero-order valence-corrected chi connectivity index (χ0v) is 16.9. The van der Waals surface area contributed by atoms with E-state index in [9.17, 15) is 0 Å². The van der Waals surface area contributed by atoms with Gasteiger partial charge in [0.05, 0.1) is 0 Å². The molecule has 2 saturated heterocycles. The molecule has 138 valence electrons. The third-order valence-corrected chi connectivity index (χ3v) is 8.62. The summed E-state index contributed by atoms with van der Waals surface area (Å²) in [6.07, 6.45) is -0.137. The van der Waals surface area contributed by atoms with Gasteiger partial charge in [-0.05, 0) is 38.8 Å². The lowest BCUT2D eigenvalue weighted by Gasteiger charge is -2.24. The maximum atomic E-state index is 6.64. The van der Waals surface area contributed by atoms with Crippen LogP contribution >= 0.6 is 8.09 Å². The van der Waals surface area contributed by atoms with Crippen molar-refractivity contribution >= 4 is 8.09 Å². The zero-order chi connectivity index (χ0) is 18.6. The van der Waals surface area contributed by atoms with Crippen molar-refractivity contribution < 1.29 is 13.6 Å². The highest BCUT2D eigenvalue weighted by molar-refractivity contribution is 7.59. The van der Waals surface area contributed by atoms with Gasteiger partial charge in [-0.3, -0.25) is 0 Å². The van der Waals surface area contributed by atoms with E-state index in [0.29, 0.717) is 0 Å². The van der Waals surface area contributed by atoms with Crippen LogP contribution in [0, 0.1) is 0 Å². The lowest BCUT2D eigenvalue weighted by atomic mass is 9.90. The molecule has 2 unspecified atom stereocenters. The molecule has 2 fully saturated rings. The molecule has 4 nitrogen and oxygen atoms in total. The van der Waals surface area contributed by atoms with Gasteiger partial charge in [-0.15, -0.1) is 0 Å². The highest BCUT2D eigenvalue weighted by Gasteiger charge is 2.76. The number of benzene rings is 2. The molecule has 0 bridgehead atoms. The van der Waals surface area contributed by atoms with Crippen molar-refractivity contribution in [3.63, 3.8) is 0 Å². The Kier molecular flexibility index (Phi) is 4.26. The molecule has 26 heavy (non-hydrogen) atoms. The van der Waals surface area contributed by atoms with Gasteiger partial charge in [-0.2, -0.15) is 13.6 Å². The highest BCUT2D eigenvalue weighted by atomic mass is 31.2. The second-order valence-corrected chi connectivity index (χ2v) is 10.2. The van der Waals surface area contributed by atoms with Crippen LogP contribution in [-0.4, -0.2) is 22.9 Å². The highest BCUT2D eigenvalue weighted by Crippen LogP contribution is 2.82. The molecule has 2 heterocycles. The van der Waals surface area contributed by atoms with Crippen molar-refractivity contribution in [2.75, 3.05) is 7.05 Å².